The molecule has 0 bridgehead atoms. The molecule has 2 aromatic carbocycles. The summed E-state index contributed by atoms with van der Waals surface area (Å²) in [5.74, 6) is -1.17. The van der Waals surface area contributed by atoms with Crippen LogP contribution in [0.3, 0.4) is 0 Å². The summed E-state index contributed by atoms with van der Waals surface area (Å²) >= 11 is 0. The third-order valence-electron chi connectivity index (χ3n) is 8.63. The van der Waals surface area contributed by atoms with Gasteiger partial charge in [0.2, 0.25) is 5.78 Å². The predicted molar refractivity (Wildman–Crippen MR) is 173 cm³/mol. The fourth-order valence-electron chi connectivity index (χ4n) is 3.57. The van der Waals surface area contributed by atoms with E-state index in [9.17, 15) is 14.7 Å². The molecule has 0 aromatic heterocycles. The van der Waals surface area contributed by atoms with Gasteiger partial charge in [0.15, 0.2) is 22.7 Å². The van der Waals surface area contributed by atoms with Crippen molar-refractivity contribution in [3.8, 4) is 0 Å². The molecular weight excluding hydrogens is 565 g/mol. The maximum absolute atomic E-state index is 14.3. The lowest BCUT2D eigenvalue weighted by Gasteiger charge is -2.42. The number of benzene rings is 2. The van der Waals surface area contributed by atoms with E-state index in [1.165, 1.54) is 0 Å². The molecule has 0 aliphatic rings. The maximum Gasteiger partial charge on any atom is 0.338 e. The van der Waals surface area contributed by atoms with Gasteiger partial charge in [0.1, 0.15) is 12.2 Å². The summed E-state index contributed by atoms with van der Waals surface area (Å²) in [5, 5.41) is 11.2. The molecule has 2 rings (SSSR count). The Morgan fingerprint density at radius 1 is 0.810 bits per heavy atom. The monoisotopic (exact) mass is 616 g/mol. The van der Waals surface area contributed by atoms with Gasteiger partial charge in [-0.15, -0.1) is 0 Å². The number of rotatable bonds is 14. The molecule has 0 radical (unpaired) electrons. The number of ketones is 1. The largest absolute Gasteiger partial charge is 0.448 e. The number of hydrogen-bond donors (Lipinski definition) is 1. The Labute approximate surface area is 255 Å². The second kappa shape index (κ2) is 14.6. The highest BCUT2D eigenvalue weighted by atomic mass is 28.4. The van der Waals surface area contributed by atoms with Crippen LogP contribution in [0.25, 0.3) is 0 Å². The molecule has 0 saturated carbocycles. The van der Waals surface area contributed by atoms with Crippen LogP contribution in [0.2, 0.25) is 36.3 Å². The van der Waals surface area contributed by atoms with Crippen molar-refractivity contribution in [3.63, 3.8) is 0 Å². The van der Waals surface area contributed by atoms with E-state index >= 15 is 0 Å². The molecule has 2 aromatic rings. The van der Waals surface area contributed by atoms with E-state index < -0.39 is 52.8 Å². The molecule has 0 saturated heterocycles. The molecule has 4 atom stereocenters. The van der Waals surface area contributed by atoms with Crippen molar-refractivity contribution in [2.24, 2.45) is 0 Å². The van der Waals surface area contributed by atoms with Crippen molar-refractivity contribution in [2.45, 2.75) is 116 Å². The molecule has 1 N–H and O–H groups in total. The Bertz CT molecular complexity index is 1140. The molecule has 0 unspecified atom stereocenters. The van der Waals surface area contributed by atoms with Gasteiger partial charge in [-0.2, -0.15) is 0 Å². The van der Waals surface area contributed by atoms with Crippen molar-refractivity contribution in [1.29, 1.82) is 0 Å². The molecule has 0 aliphatic heterocycles. The van der Waals surface area contributed by atoms with Gasteiger partial charge in [-0.1, -0.05) is 90.1 Å². The lowest BCUT2D eigenvalue weighted by molar-refractivity contribution is -0.149. The van der Waals surface area contributed by atoms with Crippen LogP contribution < -0.4 is 0 Å². The number of carbonyl (C=O) groups is 2. The number of aliphatic hydroxyl groups is 1. The Kier molecular flexibility index (Phi) is 12.5. The summed E-state index contributed by atoms with van der Waals surface area (Å²) in [5.41, 5.74) is 1.27. The van der Waals surface area contributed by atoms with Gasteiger partial charge in [0.05, 0.1) is 24.9 Å². The highest BCUT2D eigenvalue weighted by Gasteiger charge is 2.47. The number of esters is 1. The van der Waals surface area contributed by atoms with Crippen LogP contribution in [-0.2, 0) is 29.7 Å². The maximum atomic E-state index is 14.3. The molecule has 0 spiro atoms. The van der Waals surface area contributed by atoms with Crippen molar-refractivity contribution >= 4 is 28.4 Å². The minimum absolute atomic E-state index is 0.125. The van der Waals surface area contributed by atoms with Crippen molar-refractivity contribution in [3.05, 3.63) is 71.8 Å². The van der Waals surface area contributed by atoms with Crippen LogP contribution in [0.15, 0.2) is 60.7 Å². The van der Waals surface area contributed by atoms with Crippen LogP contribution in [0.1, 0.15) is 64.4 Å². The van der Waals surface area contributed by atoms with Crippen LogP contribution in [-0.4, -0.2) is 64.5 Å². The molecule has 7 nitrogen and oxygen atoms in total. The summed E-state index contributed by atoms with van der Waals surface area (Å²) < 4.78 is 24.8. The first-order valence-corrected chi connectivity index (χ1v) is 20.5. The van der Waals surface area contributed by atoms with Gasteiger partial charge in [0.25, 0.3) is 0 Å². The van der Waals surface area contributed by atoms with Crippen molar-refractivity contribution < 1.29 is 33.0 Å². The van der Waals surface area contributed by atoms with E-state index in [2.05, 4.69) is 54.6 Å². The fourth-order valence-corrected chi connectivity index (χ4v) is 5.81. The first kappa shape index (κ1) is 36.0. The molecule has 42 heavy (non-hydrogen) atoms. The summed E-state index contributed by atoms with van der Waals surface area (Å²) in [4.78, 5) is 27.5. The predicted octanol–water partition coefficient (Wildman–Crippen LogP) is 7.16. The Hall–Kier alpha value is -2.15. The average molecular weight is 617 g/mol. The molecule has 0 aliphatic carbocycles. The smallest absolute Gasteiger partial charge is 0.338 e. The van der Waals surface area contributed by atoms with Gasteiger partial charge in [-0.05, 0) is 60.9 Å². The molecule has 9 heteroatoms. The highest BCUT2D eigenvalue weighted by Crippen LogP contribution is 2.39. The van der Waals surface area contributed by atoms with Crippen molar-refractivity contribution in [2.75, 3.05) is 6.61 Å². The number of carbonyl (C=O) groups excluding carboxylic acids is 2. The topological polar surface area (TPSA) is 91.3 Å². The SMILES string of the molecule is C[C@@H](OCc1ccccc1)[C@@H](O)[C@@H](O[Si](C)(C)C(C)(C)C)C(=O)[C@H](CO[Si](C)(C)C(C)(C)C)OC(=O)c1ccccc1. The minimum Gasteiger partial charge on any atom is -0.448 e. The van der Waals surface area contributed by atoms with Gasteiger partial charge in [-0.25, -0.2) is 4.79 Å². The van der Waals surface area contributed by atoms with E-state index in [1.807, 2.05) is 43.4 Å². The lowest BCUT2D eigenvalue weighted by Crippen LogP contribution is -2.56. The zero-order valence-corrected chi connectivity index (χ0v) is 29.4. The van der Waals surface area contributed by atoms with Crippen molar-refractivity contribution in [1.82, 2.24) is 0 Å². The average Bonchev–Trinajstić information content (AvgIpc) is 2.91. The second-order valence-electron chi connectivity index (χ2n) is 14.0. The van der Waals surface area contributed by atoms with Crippen LogP contribution in [0.4, 0.5) is 0 Å². The zero-order valence-electron chi connectivity index (χ0n) is 27.4. The lowest BCUT2D eigenvalue weighted by atomic mass is 10.0. The Morgan fingerprint density at radius 3 is 1.81 bits per heavy atom. The van der Waals surface area contributed by atoms with E-state index in [0.717, 1.165) is 5.56 Å². The van der Waals surface area contributed by atoms with E-state index in [0.29, 0.717) is 5.56 Å². The van der Waals surface area contributed by atoms with Gasteiger partial charge >= 0.3 is 5.97 Å². The number of aliphatic hydroxyl groups excluding tert-OH is 1. The van der Waals surface area contributed by atoms with Crippen LogP contribution >= 0.6 is 0 Å². The summed E-state index contributed by atoms with van der Waals surface area (Å²) in [6, 6.07) is 18.2. The zero-order chi connectivity index (χ0) is 31.9. The van der Waals surface area contributed by atoms with E-state index in [1.54, 1.807) is 37.3 Å². The summed E-state index contributed by atoms with van der Waals surface area (Å²) in [7, 11) is -4.89. The molecular formula is C33H52O7Si2. The Balaban J connectivity index is 2.43. The van der Waals surface area contributed by atoms with E-state index in [4.69, 9.17) is 18.3 Å². The second-order valence-corrected chi connectivity index (χ2v) is 23.6. The molecule has 0 heterocycles. The standard InChI is InChI=1S/C33H52O7Si2/c1-24(37-22-25-18-14-12-15-19-25)28(34)30(40-42(10,11)33(5,6)7)29(35)27(23-38-41(8,9)32(2,3)4)39-31(36)26-20-16-13-17-21-26/h12-21,24,27-28,30,34H,22-23H2,1-11H3/t24-,27+,28-,30-/m1/s1. The van der Waals surface area contributed by atoms with E-state index in [-0.39, 0.29) is 23.3 Å². The molecule has 0 fully saturated rings. The van der Waals surface area contributed by atoms with Crippen LogP contribution in [0.5, 0.6) is 0 Å². The first-order valence-electron chi connectivity index (χ1n) is 14.7. The Morgan fingerprint density at radius 2 is 1.31 bits per heavy atom. The van der Waals surface area contributed by atoms with Gasteiger partial charge in [-0.3, -0.25) is 4.79 Å². The molecule has 234 valence electrons. The minimum atomic E-state index is -2.57. The van der Waals surface area contributed by atoms with Gasteiger partial charge in [0, 0.05) is 0 Å². The number of hydrogen-bond acceptors (Lipinski definition) is 7. The third-order valence-corrected chi connectivity index (χ3v) is 17.6. The fraction of sp³-hybridized carbons (Fsp3) is 0.576. The summed E-state index contributed by atoms with van der Waals surface area (Å²) in [6.07, 6.45) is -4.61. The number of ether oxygens (including phenoxy) is 2. The number of Topliss-reactive ketones (excluding diaryl/α,β-unsaturated/α-hetero) is 1. The molecule has 0 amide bonds. The quantitative estimate of drug-likeness (QED) is 0.178. The first-order chi connectivity index (χ1) is 19.3. The normalized spacial score (nSPS) is 15.9. The van der Waals surface area contributed by atoms with Crippen LogP contribution in [0, 0.1) is 0 Å². The highest BCUT2D eigenvalue weighted by molar-refractivity contribution is 6.74. The third kappa shape index (κ3) is 9.96. The summed E-state index contributed by atoms with van der Waals surface area (Å²) in [6.45, 7) is 22.6. The van der Waals surface area contributed by atoms with Gasteiger partial charge < -0.3 is 23.4 Å².